The first-order chi connectivity index (χ1) is 6.43. The standard InChI is InChI=1S/C9H9N3S/c1-2-9(13-3-1)12-6-7-4-10-5-8(7)11-12/h1-3,6,10H,4-5H2. The summed E-state index contributed by atoms with van der Waals surface area (Å²) in [5, 5.41) is 11.0. The molecule has 1 aliphatic rings. The van der Waals surface area contributed by atoms with Gasteiger partial charge in [0.1, 0.15) is 5.00 Å². The second-order valence-corrected chi connectivity index (χ2v) is 4.03. The van der Waals surface area contributed by atoms with Gasteiger partial charge < -0.3 is 5.32 Å². The van der Waals surface area contributed by atoms with Crippen LogP contribution in [0.5, 0.6) is 0 Å². The largest absolute Gasteiger partial charge is 0.307 e. The Hall–Kier alpha value is -1.13. The van der Waals surface area contributed by atoms with Crippen LogP contribution in [0.15, 0.2) is 23.7 Å². The van der Waals surface area contributed by atoms with Crippen molar-refractivity contribution in [1.29, 1.82) is 0 Å². The third-order valence-electron chi connectivity index (χ3n) is 2.22. The number of nitrogens with zero attached hydrogens (tertiary/aromatic N) is 2. The summed E-state index contributed by atoms with van der Waals surface area (Å²) in [6.45, 7) is 1.87. The molecule has 0 unspecified atom stereocenters. The lowest BCUT2D eigenvalue weighted by atomic mass is 10.3. The summed E-state index contributed by atoms with van der Waals surface area (Å²) < 4.78 is 1.97. The number of nitrogens with one attached hydrogen (secondary N) is 1. The minimum absolute atomic E-state index is 0.910. The van der Waals surface area contributed by atoms with E-state index in [-0.39, 0.29) is 0 Å². The minimum Gasteiger partial charge on any atom is -0.307 e. The van der Waals surface area contributed by atoms with Gasteiger partial charge in [-0.1, -0.05) is 0 Å². The maximum absolute atomic E-state index is 4.50. The highest BCUT2D eigenvalue weighted by Crippen LogP contribution is 2.19. The SMILES string of the molecule is c1csc(-n2cc3c(n2)CNC3)c1. The molecule has 66 valence electrons. The van der Waals surface area contributed by atoms with E-state index in [4.69, 9.17) is 0 Å². The third-order valence-corrected chi connectivity index (χ3v) is 3.07. The van der Waals surface area contributed by atoms with Crippen molar-refractivity contribution in [3.8, 4) is 5.00 Å². The number of hydrogen-bond acceptors (Lipinski definition) is 3. The number of rotatable bonds is 1. The molecule has 13 heavy (non-hydrogen) atoms. The van der Waals surface area contributed by atoms with Crippen LogP contribution in [0.3, 0.4) is 0 Å². The van der Waals surface area contributed by atoms with E-state index in [1.165, 1.54) is 16.3 Å². The molecule has 4 heteroatoms. The molecule has 0 fully saturated rings. The molecule has 0 bridgehead atoms. The van der Waals surface area contributed by atoms with Crippen LogP contribution >= 0.6 is 11.3 Å². The zero-order valence-corrected chi connectivity index (χ0v) is 7.84. The van der Waals surface area contributed by atoms with Gasteiger partial charge in [0.2, 0.25) is 0 Å². The van der Waals surface area contributed by atoms with Gasteiger partial charge in [0.25, 0.3) is 0 Å². The van der Waals surface area contributed by atoms with Gasteiger partial charge >= 0.3 is 0 Å². The summed E-state index contributed by atoms with van der Waals surface area (Å²) >= 11 is 1.71. The third kappa shape index (κ3) is 1.10. The van der Waals surface area contributed by atoms with Crippen molar-refractivity contribution in [3.05, 3.63) is 35.0 Å². The van der Waals surface area contributed by atoms with E-state index in [1.807, 2.05) is 10.7 Å². The second kappa shape index (κ2) is 2.68. The molecule has 0 amide bonds. The topological polar surface area (TPSA) is 29.9 Å². The van der Waals surface area contributed by atoms with Gasteiger partial charge in [0, 0.05) is 24.8 Å². The summed E-state index contributed by atoms with van der Waals surface area (Å²) in [7, 11) is 0. The van der Waals surface area contributed by atoms with Crippen LogP contribution in [-0.2, 0) is 13.1 Å². The Morgan fingerprint density at radius 3 is 3.23 bits per heavy atom. The number of thiophene rings is 1. The van der Waals surface area contributed by atoms with Crippen molar-refractivity contribution in [1.82, 2.24) is 15.1 Å². The van der Waals surface area contributed by atoms with Crippen molar-refractivity contribution < 1.29 is 0 Å². The normalized spacial score (nSPS) is 14.8. The monoisotopic (exact) mass is 191 g/mol. The quantitative estimate of drug-likeness (QED) is 0.741. The highest BCUT2D eigenvalue weighted by atomic mass is 32.1. The number of fused-ring (bicyclic) bond motifs is 1. The summed E-state index contributed by atoms with van der Waals surface area (Å²) in [6, 6.07) is 4.13. The molecule has 0 aliphatic carbocycles. The fourth-order valence-corrected chi connectivity index (χ4v) is 2.23. The summed E-state index contributed by atoms with van der Waals surface area (Å²) in [5.41, 5.74) is 2.52. The number of hydrogen-bond donors (Lipinski definition) is 1. The van der Waals surface area contributed by atoms with Gasteiger partial charge in [-0.3, -0.25) is 0 Å². The molecular weight excluding hydrogens is 182 g/mol. The van der Waals surface area contributed by atoms with Gasteiger partial charge in [0.15, 0.2) is 0 Å². The fraction of sp³-hybridized carbons (Fsp3) is 0.222. The van der Waals surface area contributed by atoms with Gasteiger partial charge in [0.05, 0.1) is 5.69 Å². The molecule has 0 spiro atoms. The molecular formula is C9H9N3S. The van der Waals surface area contributed by atoms with Crippen molar-refractivity contribution in [3.63, 3.8) is 0 Å². The molecule has 0 saturated heterocycles. The van der Waals surface area contributed by atoms with Crippen molar-refractivity contribution in [2.45, 2.75) is 13.1 Å². The Morgan fingerprint density at radius 2 is 2.46 bits per heavy atom. The zero-order valence-electron chi connectivity index (χ0n) is 7.03. The Bertz CT molecular complexity index is 395. The second-order valence-electron chi connectivity index (χ2n) is 3.10. The van der Waals surface area contributed by atoms with Gasteiger partial charge in [-0.15, -0.1) is 11.3 Å². The maximum atomic E-state index is 4.50. The van der Waals surface area contributed by atoms with E-state index in [2.05, 4.69) is 28.1 Å². The zero-order chi connectivity index (χ0) is 8.67. The molecule has 2 aromatic rings. The summed E-state index contributed by atoms with van der Waals surface area (Å²) in [4.78, 5) is 0. The minimum atomic E-state index is 0.910. The summed E-state index contributed by atoms with van der Waals surface area (Å²) in [6.07, 6.45) is 2.11. The van der Waals surface area contributed by atoms with Gasteiger partial charge in [-0.2, -0.15) is 5.10 Å². The van der Waals surface area contributed by atoms with Crippen molar-refractivity contribution in [2.75, 3.05) is 0 Å². The van der Waals surface area contributed by atoms with E-state index < -0.39 is 0 Å². The van der Waals surface area contributed by atoms with Crippen molar-refractivity contribution in [2.24, 2.45) is 0 Å². The Balaban J connectivity index is 2.08. The average molecular weight is 191 g/mol. The van der Waals surface area contributed by atoms with Gasteiger partial charge in [-0.25, -0.2) is 4.68 Å². The lowest BCUT2D eigenvalue weighted by Crippen LogP contribution is -2.04. The molecule has 3 rings (SSSR count). The first kappa shape index (κ1) is 7.29. The number of aromatic nitrogens is 2. The van der Waals surface area contributed by atoms with E-state index in [1.54, 1.807) is 11.3 Å². The highest BCUT2D eigenvalue weighted by Gasteiger charge is 2.14. The van der Waals surface area contributed by atoms with E-state index in [0.717, 1.165) is 13.1 Å². The van der Waals surface area contributed by atoms with Crippen LogP contribution in [-0.4, -0.2) is 9.78 Å². The Labute approximate surface area is 80.0 Å². The van der Waals surface area contributed by atoms with Crippen molar-refractivity contribution >= 4 is 11.3 Å². The lowest BCUT2D eigenvalue weighted by Gasteiger charge is -1.95. The smallest absolute Gasteiger partial charge is 0.117 e. The molecule has 3 nitrogen and oxygen atoms in total. The molecule has 3 heterocycles. The van der Waals surface area contributed by atoms with Crippen LogP contribution in [0.2, 0.25) is 0 Å². The van der Waals surface area contributed by atoms with Gasteiger partial charge in [-0.05, 0) is 17.5 Å². The van der Waals surface area contributed by atoms with Crippen LogP contribution in [0.25, 0.3) is 5.00 Å². The van der Waals surface area contributed by atoms with E-state index in [9.17, 15) is 0 Å². The van der Waals surface area contributed by atoms with Crippen LogP contribution in [0.4, 0.5) is 0 Å². The van der Waals surface area contributed by atoms with Crippen LogP contribution in [0, 0.1) is 0 Å². The lowest BCUT2D eigenvalue weighted by molar-refractivity contribution is 0.723. The highest BCUT2D eigenvalue weighted by molar-refractivity contribution is 7.12. The van der Waals surface area contributed by atoms with E-state index >= 15 is 0 Å². The molecule has 0 aromatic carbocycles. The molecule has 1 N–H and O–H groups in total. The average Bonchev–Trinajstić information content (AvgIpc) is 2.78. The Kier molecular flexibility index (Phi) is 1.50. The molecule has 0 saturated carbocycles. The Morgan fingerprint density at radius 1 is 1.46 bits per heavy atom. The first-order valence-electron chi connectivity index (χ1n) is 4.25. The first-order valence-corrected chi connectivity index (χ1v) is 5.13. The van der Waals surface area contributed by atoms with Crippen LogP contribution < -0.4 is 5.32 Å². The molecule has 0 radical (unpaired) electrons. The molecule has 0 atom stereocenters. The fourth-order valence-electron chi connectivity index (χ4n) is 1.57. The summed E-state index contributed by atoms with van der Waals surface area (Å²) in [5.74, 6) is 0. The molecule has 1 aliphatic heterocycles. The maximum Gasteiger partial charge on any atom is 0.117 e. The van der Waals surface area contributed by atoms with E-state index in [0.29, 0.717) is 0 Å². The predicted octanol–water partition coefficient (Wildman–Crippen LogP) is 1.54. The van der Waals surface area contributed by atoms with Crippen LogP contribution in [0.1, 0.15) is 11.3 Å². The predicted molar refractivity (Wildman–Crippen MR) is 52.0 cm³/mol. The molecule has 2 aromatic heterocycles.